The summed E-state index contributed by atoms with van der Waals surface area (Å²) in [5.74, 6) is 0.0276. The number of hydrogen-bond donors (Lipinski definition) is 1. The summed E-state index contributed by atoms with van der Waals surface area (Å²) in [5, 5.41) is 0.354. The lowest BCUT2D eigenvalue weighted by Crippen LogP contribution is -2.13. The molecule has 0 heterocycles. The molecule has 0 saturated heterocycles. The Labute approximate surface area is 145 Å². The van der Waals surface area contributed by atoms with Crippen molar-refractivity contribution in [2.75, 3.05) is 4.72 Å². The lowest BCUT2D eigenvalue weighted by Gasteiger charge is -2.10. The summed E-state index contributed by atoms with van der Waals surface area (Å²) in [4.78, 5) is 11.7. The lowest BCUT2D eigenvalue weighted by atomic mass is 10.1. The average Bonchev–Trinajstić information content (AvgIpc) is 2.50. The van der Waals surface area contributed by atoms with E-state index in [0.717, 1.165) is 6.42 Å². The van der Waals surface area contributed by atoms with Crippen molar-refractivity contribution in [3.63, 3.8) is 0 Å². The minimum absolute atomic E-state index is 0.0276. The summed E-state index contributed by atoms with van der Waals surface area (Å²) in [7, 11) is -3.86. The number of carbonyl (C=O) groups excluding carboxylic acids is 1. The van der Waals surface area contributed by atoms with Crippen molar-refractivity contribution in [1.82, 2.24) is 0 Å². The molecule has 23 heavy (non-hydrogen) atoms. The van der Waals surface area contributed by atoms with Gasteiger partial charge in [0.25, 0.3) is 10.0 Å². The minimum atomic E-state index is -3.86. The molecule has 7 heteroatoms. The van der Waals surface area contributed by atoms with E-state index >= 15 is 0 Å². The van der Waals surface area contributed by atoms with E-state index in [2.05, 4.69) is 4.72 Å². The van der Waals surface area contributed by atoms with Gasteiger partial charge in [0.1, 0.15) is 4.90 Å². The van der Waals surface area contributed by atoms with Gasteiger partial charge in [-0.25, -0.2) is 8.42 Å². The number of nitrogens with one attached hydrogen (secondary N) is 1. The first-order chi connectivity index (χ1) is 10.8. The molecule has 0 atom stereocenters. The van der Waals surface area contributed by atoms with Crippen molar-refractivity contribution >= 4 is 44.7 Å². The van der Waals surface area contributed by atoms with Gasteiger partial charge in [0.05, 0.1) is 5.02 Å². The fourth-order valence-corrected chi connectivity index (χ4v) is 3.81. The molecule has 0 fully saturated rings. The first-order valence-electron chi connectivity index (χ1n) is 6.94. The Balaban J connectivity index is 2.24. The number of carbonyl (C=O) groups is 1. The van der Waals surface area contributed by atoms with Gasteiger partial charge in [0.15, 0.2) is 5.78 Å². The van der Waals surface area contributed by atoms with Crippen LogP contribution in [0.1, 0.15) is 30.1 Å². The molecule has 0 aliphatic heterocycles. The Bertz CT molecular complexity index is 818. The molecular weight excluding hydrogens is 357 g/mol. The second-order valence-electron chi connectivity index (χ2n) is 4.93. The van der Waals surface area contributed by atoms with Crippen LogP contribution in [0.5, 0.6) is 0 Å². The number of sulfonamides is 1. The van der Waals surface area contributed by atoms with Gasteiger partial charge >= 0.3 is 0 Å². The number of halogens is 2. The Kier molecular flexibility index (Phi) is 5.68. The van der Waals surface area contributed by atoms with E-state index in [1.807, 2.05) is 6.92 Å². The maximum absolute atomic E-state index is 12.4. The van der Waals surface area contributed by atoms with Crippen molar-refractivity contribution in [2.24, 2.45) is 0 Å². The van der Waals surface area contributed by atoms with E-state index in [-0.39, 0.29) is 20.7 Å². The zero-order valence-electron chi connectivity index (χ0n) is 12.3. The van der Waals surface area contributed by atoms with Crippen LogP contribution in [-0.4, -0.2) is 14.2 Å². The molecule has 0 aromatic heterocycles. The van der Waals surface area contributed by atoms with Gasteiger partial charge in [-0.05, 0) is 48.9 Å². The highest BCUT2D eigenvalue weighted by atomic mass is 35.5. The van der Waals surface area contributed by atoms with Crippen molar-refractivity contribution in [3.8, 4) is 0 Å². The van der Waals surface area contributed by atoms with Crippen LogP contribution in [0.4, 0.5) is 5.69 Å². The second-order valence-corrected chi connectivity index (χ2v) is 7.43. The van der Waals surface area contributed by atoms with E-state index in [1.165, 1.54) is 18.2 Å². The summed E-state index contributed by atoms with van der Waals surface area (Å²) in [6.07, 6.45) is 1.23. The van der Waals surface area contributed by atoms with Crippen molar-refractivity contribution in [1.29, 1.82) is 0 Å². The fourth-order valence-electron chi connectivity index (χ4n) is 1.99. The predicted octanol–water partition coefficient (Wildman–Crippen LogP) is 4.78. The highest BCUT2D eigenvalue weighted by Gasteiger charge is 2.18. The van der Waals surface area contributed by atoms with E-state index < -0.39 is 10.0 Å². The van der Waals surface area contributed by atoms with E-state index in [0.29, 0.717) is 17.7 Å². The third-order valence-electron chi connectivity index (χ3n) is 3.12. The molecule has 2 aromatic carbocycles. The van der Waals surface area contributed by atoms with Gasteiger partial charge in [0, 0.05) is 22.7 Å². The van der Waals surface area contributed by atoms with E-state index in [1.54, 1.807) is 24.3 Å². The summed E-state index contributed by atoms with van der Waals surface area (Å²) >= 11 is 11.7. The zero-order chi connectivity index (χ0) is 17.0. The molecule has 2 rings (SSSR count). The molecule has 0 aliphatic rings. The third-order valence-corrected chi connectivity index (χ3v) is 5.22. The monoisotopic (exact) mass is 371 g/mol. The highest BCUT2D eigenvalue weighted by Crippen LogP contribution is 2.27. The van der Waals surface area contributed by atoms with Crippen LogP contribution in [0.2, 0.25) is 10.0 Å². The fraction of sp³-hybridized carbons (Fsp3) is 0.188. The SMILES string of the molecule is CCCC(=O)c1ccc(NS(=O)(=O)c2cc(Cl)ccc2Cl)cc1. The first-order valence-corrected chi connectivity index (χ1v) is 9.18. The van der Waals surface area contributed by atoms with Gasteiger partial charge in [0.2, 0.25) is 0 Å². The number of Topliss-reactive ketones (excluding diaryl/α,β-unsaturated/α-hetero) is 1. The number of anilines is 1. The van der Waals surface area contributed by atoms with Gasteiger partial charge in [-0.15, -0.1) is 0 Å². The van der Waals surface area contributed by atoms with Gasteiger partial charge in [-0.3, -0.25) is 9.52 Å². The van der Waals surface area contributed by atoms with Crippen molar-refractivity contribution in [3.05, 3.63) is 58.1 Å². The smallest absolute Gasteiger partial charge is 0.263 e. The largest absolute Gasteiger partial charge is 0.294 e. The summed E-state index contributed by atoms with van der Waals surface area (Å²) in [6.45, 7) is 1.93. The molecule has 0 aliphatic carbocycles. The Morgan fingerprint density at radius 3 is 2.35 bits per heavy atom. The average molecular weight is 372 g/mol. The van der Waals surface area contributed by atoms with Gasteiger partial charge < -0.3 is 0 Å². The Hall–Kier alpha value is -1.56. The van der Waals surface area contributed by atoms with Crippen LogP contribution in [0, 0.1) is 0 Å². The Morgan fingerprint density at radius 1 is 1.09 bits per heavy atom. The number of ketones is 1. The molecule has 0 spiro atoms. The third kappa shape index (κ3) is 4.47. The summed E-state index contributed by atoms with van der Waals surface area (Å²) < 4.78 is 27.2. The molecule has 0 radical (unpaired) electrons. The predicted molar refractivity (Wildman–Crippen MR) is 93.0 cm³/mol. The lowest BCUT2D eigenvalue weighted by molar-refractivity contribution is 0.0982. The molecule has 0 unspecified atom stereocenters. The quantitative estimate of drug-likeness (QED) is 0.743. The molecule has 4 nitrogen and oxygen atoms in total. The number of hydrogen-bond acceptors (Lipinski definition) is 3. The van der Waals surface area contributed by atoms with Crippen LogP contribution in [0.15, 0.2) is 47.4 Å². The highest BCUT2D eigenvalue weighted by molar-refractivity contribution is 7.92. The maximum atomic E-state index is 12.4. The molecule has 1 N–H and O–H groups in total. The second kappa shape index (κ2) is 7.34. The van der Waals surface area contributed by atoms with Crippen molar-refractivity contribution < 1.29 is 13.2 Å². The molecule has 0 saturated carbocycles. The van der Waals surface area contributed by atoms with Gasteiger partial charge in [-0.1, -0.05) is 30.1 Å². The molecule has 0 amide bonds. The number of benzene rings is 2. The molecule has 2 aromatic rings. The molecule has 0 bridgehead atoms. The van der Waals surface area contributed by atoms with Crippen LogP contribution in [-0.2, 0) is 10.0 Å². The standard InChI is InChI=1S/C16H15Cl2NO3S/c1-2-3-15(20)11-4-7-13(8-5-11)19-23(21,22)16-10-12(17)6-9-14(16)18/h4-10,19H,2-3H2,1H3. The maximum Gasteiger partial charge on any atom is 0.263 e. The van der Waals surface area contributed by atoms with Crippen molar-refractivity contribution in [2.45, 2.75) is 24.7 Å². The van der Waals surface area contributed by atoms with Crippen LogP contribution >= 0.6 is 23.2 Å². The first kappa shape index (κ1) is 17.8. The summed E-state index contributed by atoms with van der Waals surface area (Å²) in [5.41, 5.74) is 0.893. The van der Waals surface area contributed by atoms with Gasteiger partial charge in [-0.2, -0.15) is 0 Å². The molecule has 122 valence electrons. The molecular formula is C16H15Cl2NO3S. The topological polar surface area (TPSA) is 63.2 Å². The van der Waals surface area contributed by atoms with E-state index in [9.17, 15) is 13.2 Å². The zero-order valence-corrected chi connectivity index (χ0v) is 14.7. The van der Waals surface area contributed by atoms with Crippen LogP contribution < -0.4 is 4.72 Å². The Morgan fingerprint density at radius 2 is 1.74 bits per heavy atom. The van der Waals surface area contributed by atoms with E-state index in [4.69, 9.17) is 23.2 Å². The number of rotatable bonds is 6. The van der Waals surface area contributed by atoms with Crippen LogP contribution in [0.25, 0.3) is 0 Å². The van der Waals surface area contributed by atoms with Crippen LogP contribution in [0.3, 0.4) is 0 Å². The summed E-state index contributed by atoms with van der Waals surface area (Å²) in [6, 6.07) is 10.5. The minimum Gasteiger partial charge on any atom is -0.294 e. The normalized spacial score (nSPS) is 11.3.